The van der Waals surface area contributed by atoms with Gasteiger partial charge in [-0.05, 0) is 42.5 Å². The summed E-state index contributed by atoms with van der Waals surface area (Å²) in [7, 11) is 0. The van der Waals surface area contributed by atoms with Gasteiger partial charge in [0.2, 0.25) is 0 Å². The molecule has 0 radical (unpaired) electrons. The summed E-state index contributed by atoms with van der Waals surface area (Å²) in [5, 5.41) is 1.76. The second-order valence-corrected chi connectivity index (χ2v) is 5.39. The number of nitrogens with one attached hydrogen (secondary N) is 1. The minimum atomic E-state index is -3.00. The summed E-state index contributed by atoms with van der Waals surface area (Å²) < 4.78 is 45.9. The highest BCUT2D eigenvalue weighted by atomic mass is 35.5. The molecule has 2 aromatic carbocycles. The normalized spacial score (nSPS) is 10.4. The van der Waals surface area contributed by atoms with Gasteiger partial charge in [0.1, 0.15) is 11.6 Å². The lowest BCUT2D eigenvalue weighted by atomic mass is 10.2. The van der Waals surface area contributed by atoms with Gasteiger partial charge < -0.3 is 9.47 Å². The van der Waals surface area contributed by atoms with Gasteiger partial charge in [-0.3, -0.25) is 14.9 Å². The Hall–Kier alpha value is -3.07. The number of hydrogen-bond acceptors (Lipinski definition) is 5. The van der Waals surface area contributed by atoms with Crippen LogP contribution in [0.4, 0.5) is 13.2 Å². The largest absolute Gasteiger partial charge is 0.452 e. The Labute approximate surface area is 155 Å². The number of benzene rings is 2. The third-order valence-corrected chi connectivity index (χ3v) is 3.39. The molecule has 0 bridgehead atoms. The standard InChI is InChI=1S/C17H11ClF3NO5/c18-13-7-10(19)3-6-12(13)16(25)26-8-14(23)22-15(24)9-1-4-11(5-2-9)27-17(20)21/h1-7,17H,8H2,(H,22,23,24). The smallest absolute Gasteiger partial charge is 0.387 e. The van der Waals surface area contributed by atoms with Crippen molar-refractivity contribution >= 4 is 29.4 Å². The van der Waals surface area contributed by atoms with Crippen LogP contribution in [-0.2, 0) is 9.53 Å². The summed E-state index contributed by atoms with van der Waals surface area (Å²) in [4.78, 5) is 35.4. The van der Waals surface area contributed by atoms with Gasteiger partial charge in [-0.2, -0.15) is 8.78 Å². The number of carbonyl (C=O) groups is 3. The van der Waals surface area contributed by atoms with Crippen molar-refractivity contribution in [2.75, 3.05) is 6.61 Å². The van der Waals surface area contributed by atoms with Gasteiger partial charge in [0.25, 0.3) is 11.8 Å². The summed E-state index contributed by atoms with van der Waals surface area (Å²) in [6, 6.07) is 7.59. The molecule has 6 nitrogen and oxygen atoms in total. The molecule has 0 aliphatic rings. The highest BCUT2D eigenvalue weighted by Gasteiger charge is 2.16. The summed E-state index contributed by atoms with van der Waals surface area (Å²) in [5.74, 6) is -3.54. The number of hydrogen-bond donors (Lipinski definition) is 1. The molecule has 0 spiro atoms. The van der Waals surface area contributed by atoms with Gasteiger partial charge in [0.05, 0.1) is 10.6 Å². The molecule has 142 valence electrons. The number of imide groups is 1. The van der Waals surface area contributed by atoms with E-state index in [1.54, 1.807) is 0 Å². The molecule has 0 saturated heterocycles. The van der Waals surface area contributed by atoms with Gasteiger partial charge in [-0.1, -0.05) is 11.6 Å². The first-order valence-corrected chi connectivity index (χ1v) is 7.65. The van der Waals surface area contributed by atoms with Gasteiger partial charge in [0, 0.05) is 5.56 Å². The first-order valence-electron chi connectivity index (χ1n) is 7.27. The molecular weight excluding hydrogens is 391 g/mol. The molecule has 2 aromatic rings. The van der Waals surface area contributed by atoms with Crippen molar-refractivity contribution in [2.24, 2.45) is 0 Å². The lowest BCUT2D eigenvalue weighted by Crippen LogP contribution is -2.34. The van der Waals surface area contributed by atoms with Crippen molar-refractivity contribution in [2.45, 2.75) is 6.61 Å². The molecule has 27 heavy (non-hydrogen) atoms. The van der Waals surface area contributed by atoms with Gasteiger partial charge in [0.15, 0.2) is 6.61 Å². The number of rotatable bonds is 6. The molecule has 2 rings (SSSR count). The third-order valence-electron chi connectivity index (χ3n) is 3.08. The lowest BCUT2D eigenvalue weighted by molar-refractivity contribution is -0.123. The molecule has 0 aliphatic carbocycles. The van der Waals surface area contributed by atoms with Crippen LogP contribution in [0.2, 0.25) is 5.02 Å². The molecular formula is C17H11ClF3NO5. The summed E-state index contributed by atoms with van der Waals surface area (Å²) in [5.41, 5.74) is -0.148. The number of alkyl halides is 2. The van der Waals surface area contributed by atoms with Gasteiger partial charge in [-0.15, -0.1) is 0 Å². The fourth-order valence-electron chi connectivity index (χ4n) is 1.89. The van der Waals surface area contributed by atoms with Gasteiger partial charge in [-0.25, -0.2) is 9.18 Å². The van der Waals surface area contributed by atoms with Crippen molar-refractivity contribution in [1.82, 2.24) is 5.32 Å². The van der Waals surface area contributed by atoms with Crippen LogP contribution in [0.25, 0.3) is 0 Å². The van der Waals surface area contributed by atoms with E-state index in [0.717, 1.165) is 30.3 Å². The van der Waals surface area contributed by atoms with Crippen molar-refractivity contribution in [3.05, 3.63) is 64.4 Å². The van der Waals surface area contributed by atoms with E-state index in [1.165, 1.54) is 12.1 Å². The van der Waals surface area contributed by atoms with E-state index in [1.807, 2.05) is 5.32 Å². The molecule has 0 fully saturated rings. The summed E-state index contributed by atoms with van der Waals surface area (Å²) >= 11 is 5.70. The zero-order valence-electron chi connectivity index (χ0n) is 13.4. The lowest BCUT2D eigenvalue weighted by Gasteiger charge is -2.08. The molecule has 0 heterocycles. The Bertz CT molecular complexity index is 858. The van der Waals surface area contributed by atoms with E-state index in [9.17, 15) is 27.6 Å². The van der Waals surface area contributed by atoms with Crippen molar-refractivity contribution in [3.63, 3.8) is 0 Å². The maximum Gasteiger partial charge on any atom is 0.387 e. The molecule has 0 atom stereocenters. The minimum absolute atomic E-state index is 0.00197. The molecule has 0 saturated carbocycles. The van der Waals surface area contributed by atoms with Crippen molar-refractivity contribution in [1.29, 1.82) is 0 Å². The predicted octanol–water partition coefficient (Wildman–Crippen LogP) is 3.19. The van der Waals surface area contributed by atoms with Crippen molar-refractivity contribution in [3.8, 4) is 5.75 Å². The predicted molar refractivity (Wildman–Crippen MR) is 87.2 cm³/mol. The van der Waals surface area contributed by atoms with E-state index in [0.29, 0.717) is 0 Å². The highest BCUT2D eigenvalue weighted by Crippen LogP contribution is 2.18. The first-order chi connectivity index (χ1) is 12.8. The van der Waals surface area contributed by atoms with Gasteiger partial charge >= 0.3 is 12.6 Å². The molecule has 2 amide bonds. The topological polar surface area (TPSA) is 81.7 Å². The zero-order valence-corrected chi connectivity index (χ0v) is 14.1. The van der Waals surface area contributed by atoms with E-state index in [2.05, 4.69) is 4.74 Å². The first kappa shape index (κ1) is 20.2. The van der Waals surface area contributed by atoms with E-state index >= 15 is 0 Å². The summed E-state index contributed by atoms with van der Waals surface area (Å²) in [6.07, 6.45) is 0. The summed E-state index contributed by atoms with van der Waals surface area (Å²) in [6.45, 7) is -3.79. The van der Waals surface area contributed by atoms with Crippen LogP contribution in [0.5, 0.6) is 5.75 Å². The number of amides is 2. The van der Waals surface area contributed by atoms with Crippen molar-refractivity contribution < 1.29 is 37.0 Å². The van der Waals surface area contributed by atoms with Crippen LogP contribution in [-0.4, -0.2) is 31.0 Å². The van der Waals surface area contributed by atoms with Crippen LogP contribution >= 0.6 is 11.6 Å². The monoisotopic (exact) mass is 401 g/mol. The second kappa shape index (κ2) is 9.04. The van der Waals surface area contributed by atoms with Crippen LogP contribution in [0.15, 0.2) is 42.5 Å². The van der Waals surface area contributed by atoms with E-state index in [-0.39, 0.29) is 21.9 Å². The second-order valence-electron chi connectivity index (χ2n) is 4.98. The highest BCUT2D eigenvalue weighted by molar-refractivity contribution is 6.33. The molecule has 10 heteroatoms. The molecule has 0 unspecified atom stereocenters. The van der Waals surface area contributed by atoms with Crippen LogP contribution in [0.3, 0.4) is 0 Å². The quantitative estimate of drug-likeness (QED) is 0.752. The number of halogens is 4. The minimum Gasteiger partial charge on any atom is -0.452 e. The molecule has 1 N–H and O–H groups in total. The Kier molecular flexibility index (Phi) is 6.78. The average molecular weight is 402 g/mol. The SMILES string of the molecule is O=C(COC(=O)c1ccc(F)cc1Cl)NC(=O)c1ccc(OC(F)F)cc1. The fourth-order valence-corrected chi connectivity index (χ4v) is 2.13. The Morgan fingerprint density at radius 1 is 1.07 bits per heavy atom. The van der Waals surface area contributed by atoms with Crippen LogP contribution in [0.1, 0.15) is 20.7 Å². The number of ether oxygens (including phenoxy) is 2. The molecule has 0 aromatic heterocycles. The Morgan fingerprint density at radius 3 is 2.33 bits per heavy atom. The fraction of sp³-hybridized carbons (Fsp3) is 0.118. The van der Waals surface area contributed by atoms with Crippen LogP contribution < -0.4 is 10.1 Å². The Morgan fingerprint density at radius 2 is 1.74 bits per heavy atom. The third kappa shape index (κ3) is 6.00. The zero-order chi connectivity index (χ0) is 20.0. The maximum atomic E-state index is 12.9. The van der Waals surface area contributed by atoms with Crippen LogP contribution in [0, 0.1) is 5.82 Å². The average Bonchev–Trinajstić information content (AvgIpc) is 2.59. The van der Waals surface area contributed by atoms with E-state index in [4.69, 9.17) is 16.3 Å². The maximum absolute atomic E-state index is 12.9. The number of carbonyl (C=O) groups excluding carboxylic acids is 3. The Balaban J connectivity index is 1.87. The number of esters is 1. The van der Waals surface area contributed by atoms with E-state index < -0.39 is 36.8 Å². The molecule has 0 aliphatic heterocycles.